The molecule has 0 amide bonds. The number of aromatic nitrogens is 8. The molecule has 0 aliphatic heterocycles. The van der Waals surface area contributed by atoms with Gasteiger partial charge in [0.25, 0.3) is 0 Å². The van der Waals surface area contributed by atoms with Gasteiger partial charge in [-0.3, -0.25) is 0 Å². The van der Waals surface area contributed by atoms with E-state index in [9.17, 15) is 0 Å². The standard InChI is InChI=1S/C57H36N4O.C51H32N4O/c1-4-13-37(14-5-1)39-23-25-42(26-24-39)56-58-55(41-17-8-3-9-18-41)59-57(60-56)45-29-32-47-48-33-34-51-53(54(48)62-52(47)36-45)49-21-10-11-22-50(49)61(51)46-30-27-40(28-31-46)44-20-12-19-43(35-44)38-15-6-2-7-16-38;1-4-13-33(14-5-1)37-19-12-20-38(31-37)34-23-26-40(27-24-34)55-44-22-11-10-21-43(44)47-45(55)30-29-42-41-28-25-39(32-46(41)56-48(42)47)51-53-49(35-15-6-2-7-16-35)52-50(54-51)36-17-8-3-9-18-36/h1-36H;1-32H. The highest BCUT2D eigenvalue weighted by atomic mass is 16.3. The van der Waals surface area contributed by atoms with Crippen LogP contribution < -0.4 is 0 Å². The van der Waals surface area contributed by atoms with Crippen LogP contribution in [-0.4, -0.2) is 39.0 Å². The zero-order valence-electron chi connectivity index (χ0n) is 63.7. The van der Waals surface area contributed by atoms with Crippen LogP contribution in [0.4, 0.5) is 0 Å². The van der Waals surface area contributed by atoms with E-state index in [0.29, 0.717) is 34.9 Å². The number of nitrogens with zero attached hydrogens (tertiary/aromatic N) is 8. The maximum absolute atomic E-state index is 6.91. The van der Waals surface area contributed by atoms with Gasteiger partial charge in [0, 0.05) is 77.1 Å². The summed E-state index contributed by atoms with van der Waals surface area (Å²) in [7, 11) is 0. The minimum Gasteiger partial charge on any atom is -0.455 e. The lowest BCUT2D eigenvalue weighted by Crippen LogP contribution is -2.00. The summed E-state index contributed by atoms with van der Waals surface area (Å²) in [6.07, 6.45) is 0. The van der Waals surface area contributed by atoms with Crippen LogP contribution in [0.5, 0.6) is 0 Å². The van der Waals surface area contributed by atoms with Gasteiger partial charge in [0.15, 0.2) is 34.9 Å². The Morgan fingerprint density at radius 1 is 0.161 bits per heavy atom. The van der Waals surface area contributed by atoms with Crippen molar-refractivity contribution in [2.45, 2.75) is 0 Å². The third-order valence-corrected chi connectivity index (χ3v) is 22.5. The second-order valence-electron chi connectivity index (χ2n) is 29.6. The van der Waals surface area contributed by atoms with Crippen molar-refractivity contribution < 1.29 is 8.83 Å². The van der Waals surface area contributed by atoms with Crippen molar-refractivity contribution in [1.29, 1.82) is 0 Å². The Balaban J connectivity index is 0.000000143. The number of rotatable bonds is 13. The molecule has 118 heavy (non-hydrogen) atoms. The zero-order valence-corrected chi connectivity index (χ0v) is 63.7. The predicted octanol–water partition coefficient (Wildman–Crippen LogP) is 28.1. The smallest absolute Gasteiger partial charge is 0.164 e. The molecule has 23 rings (SSSR count). The predicted molar refractivity (Wildman–Crippen MR) is 483 cm³/mol. The summed E-state index contributed by atoms with van der Waals surface area (Å²) in [5.74, 6) is 3.66. The van der Waals surface area contributed by atoms with Gasteiger partial charge in [0.05, 0.1) is 32.8 Å². The molecule has 0 aliphatic carbocycles. The molecule has 0 saturated carbocycles. The van der Waals surface area contributed by atoms with Crippen molar-refractivity contribution in [2.24, 2.45) is 0 Å². The molecular formula is C108H68N8O2. The third-order valence-electron chi connectivity index (χ3n) is 22.5. The van der Waals surface area contributed by atoms with Crippen LogP contribution >= 0.6 is 0 Å². The largest absolute Gasteiger partial charge is 0.455 e. The number of para-hydroxylation sites is 2. The molecule has 552 valence electrons. The van der Waals surface area contributed by atoms with Crippen molar-refractivity contribution >= 4 is 87.5 Å². The molecule has 0 saturated heterocycles. The number of hydrogen-bond donors (Lipinski definition) is 0. The van der Waals surface area contributed by atoms with E-state index >= 15 is 0 Å². The van der Waals surface area contributed by atoms with Gasteiger partial charge in [-0.25, -0.2) is 29.9 Å². The van der Waals surface area contributed by atoms with E-state index in [1.807, 2.05) is 97.1 Å². The van der Waals surface area contributed by atoms with E-state index in [0.717, 1.165) is 143 Å². The molecule has 0 atom stereocenters. The molecule has 0 N–H and O–H groups in total. The summed E-state index contributed by atoms with van der Waals surface area (Å²) in [4.78, 5) is 29.9. The maximum atomic E-state index is 6.91. The lowest BCUT2D eigenvalue weighted by atomic mass is 9.99. The Morgan fingerprint density at radius 3 is 0.763 bits per heavy atom. The molecule has 17 aromatic carbocycles. The first-order chi connectivity index (χ1) is 58.5. The fourth-order valence-corrected chi connectivity index (χ4v) is 16.8. The van der Waals surface area contributed by atoms with E-state index in [2.05, 4.69) is 325 Å². The molecule has 0 fully saturated rings. The van der Waals surface area contributed by atoms with Crippen molar-refractivity contribution in [3.8, 4) is 135 Å². The Bertz CT molecular complexity index is 7680. The van der Waals surface area contributed by atoms with Gasteiger partial charge in [-0.05, 0) is 153 Å². The lowest BCUT2D eigenvalue weighted by molar-refractivity contribution is 0.672. The maximum Gasteiger partial charge on any atom is 0.164 e. The van der Waals surface area contributed by atoms with E-state index in [4.69, 9.17) is 38.7 Å². The molecule has 0 radical (unpaired) electrons. The monoisotopic (exact) mass is 1510 g/mol. The Kier molecular flexibility index (Phi) is 17.0. The molecule has 10 nitrogen and oxygen atoms in total. The topological polar surface area (TPSA) is 113 Å². The summed E-state index contributed by atoms with van der Waals surface area (Å²) in [5, 5.41) is 8.68. The molecule has 0 bridgehead atoms. The van der Waals surface area contributed by atoms with Crippen LogP contribution in [0.3, 0.4) is 0 Å². The molecule has 0 unspecified atom stereocenters. The SMILES string of the molecule is c1ccc(-c2ccc(-c3nc(-c4ccccc4)nc(-c4ccc5c(c4)oc4c5ccc5c4c4ccccc4n5-c4ccc(-c5cccc(-c6ccccc6)c5)cc4)n3)cc2)cc1.c1ccc(-c2cccc(-c3ccc(-n4c5ccccc5c5c6oc7cc(-c8nc(-c9ccccc9)nc(-c9ccccc9)n8)ccc7c6ccc54)cc3)c2)cc1. The van der Waals surface area contributed by atoms with Crippen molar-refractivity contribution in [1.82, 2.24) is 39.0 Å². The zero-order chi connectivity index (χ0) is 78.0. The van der Waals surface area contributed by atoms with Crippen LogP contribution in [0.15, 0.2) is 421 Å². The number of hydrogen-bond acceptors (Lipinski definition) is 8. The van der Waals surface area contributed by atoms with Gasteiger partial charge in [-0.15, -0.1) is 0 Å². The fraction of sp³-hybridized carbons (Fsp3) is 0. The van der Waals surface area contributed by atoms with Crippen molar-refractivity contribution in [2.75, 3.05) is 0 Å². The van der Waals surface area contributed by atoms with Gasteiger partial charge < -0.3 is 18.0 Å². The third kappa shape index (κ3) is 12.5. The van der Waals surface area contributed by atoms with Crippen LogP contribution in [0, 0.1) is 0 Å². The number of benzene rings is 17. The highest BCUT2D eigenvalue weighted by Crippen LogP contribution is 2.45. The summed E-state index contributed by atoms with van der Waals surface area (Å²) in [5.41, 5.74) is 27.2. The van der Waals surface area contributed by atoms with E-state index in [-0.39, 0.29) is 0 Å². The second kappa shape index (κ2) is 29.2. The van der Waals surface area contributed by atoms with E-state index in [1.165, 1.54) is 44.5 Å². The normalized spacial score (nSPS) is 11.6. The summed E-state index contributed by atoms with van der Waals surface area (Å²) in [6.45, 7) is 0. The average molecular weight is 1510 g/mol. The van der Waals surface area contributed by atoms with Gasteiger partial charge in [0.1, 0.15) is 22.3 Å². The highest BCUT2D eigenvalue weighted by molar-refractivity contribution is 6.25. The molecule has 0 aliphatic rings. The molecule has 0 spiro atoms. The summed E-state index contributed by atoms with van der Waals surface area (Å²) < 4.78 is 18.5. The molecule has 6 aromatic heterocycles. The van der Waals surface area contributed by atoms with Gasteiger partial charge >= 0.3 is 0 Å². The summed E-state index contributed by atoms with van der Waals surface area (Å²) >= 11 is 0. The fourth-order valence-electron chi connectivity index (χ4n) is 16.8. The Labute approximate surface area is 678 Å². The first-order valence-electron chi connectivity index (χ1n) is 39.6. The van der Waals surface area contributed by atoms with E-state index in [1.54, 1.807) is 0 Å². The molecule has 23 aromatic rings. The molecule has 10 heteroatoms. The van der Waals surface area contributed by atoms with Crippen molar-refractivity contribution in [3.63, 3.8) is 0 Å². The van der Waals surface area contributed by atoms with Crippen LogP contribution in [0.2, 0.25) is 0 Å². The van der Waals surface area contributed by atoms with Crippen molar-refractivity contribution in [3.05, 3.63) is 413 Å². The van der Waals surface area contributed by atoms with Gasteiger partial charge in [-0.1, -0.05) is 315 Å². The minimum atomic E-state index is 0.584. The minimum absolute atomic E-state index is 0.584. The number of furan rings is 2. The van der Waals surface area contributed by atoms with E-state index < -0.39 is 0 Å². The lowest BCUT2D eigenvalue weighted by Gasteiger charge is -2.10. The first kappa shape index (κ1) is 68.7. The average Bonchev–Trinajstić information content (AvgIpc) is 1.56. The Hall–Kier alpha value is -16.0. The highest BCUT2D eigenvalue weighted by Gasteiger charge is 2.24. The quantitative estimate of drug-likeness (QED) is 0.112. The van der Waals surface area contributed by atoms with Crippen LogP contribution in [0.25, 0.3) is 223 Å². The number of fused-ring (bicyclic) bond motifs is 14. The summed E-state index contributed by atoms with van der Waals surface area (Å²) in [6, 6.07) is 144. The first-order valence-corrected chi connectivity index (χ1v) is 39.6. The van der Waals surface area contributed by atoms with Crippen LogP contribution in [0.1, 0.15) is 0 Å². The second-order valence-corrected chi connectivity index (χ2v) is 29.6. The van der Waals surface area contributed by atoms with Gasteiger partial charge in [0.2, 0.25) is 0 Å². The van der Waals surface area contributed by atoms with Crippen LogP contribution in [-0.2, 0) is 0 Å². The molecule has 6 heterocycles. The molecular weight excluding hydrogens is 1440 g/mol. The Morgan fingerprint density at radius 2 is 0.407 bits per heavy atom. The van der Waals surface area contributed by atoms with Gasteiger partial charge in [-0.2, -0.15) is 0 Å².